The first kappa shape index (κ1) is 19.9. The lowest BCUT2D eigenvalue weighted by molar-refractivity contribution is -0.119. The summed E-state index contributed by atoms with van der Waals surface area (Å²) in [5, 5.41) is 13.5. The molecular formula is C22H23N5O3S. The zero-order valence-electron chi connectivity index (χ0n) is 16.9. The number of carbonyl (C=O) groups is 1. The van der Waals surface area contributed by atoms with Crippen LogP contribution in [0.4, 0.5) is 0 Å². The van der Waals surface area contributed by atoms with Crippen molar-refractivity contribution in [3.05, 3.63) is 54.6 Å². The number of ether oxygens (including phenoxy) is 1. The Kier molecular flexibility index (Phi) is 5.77. The van der Waals surface area contributed by atoms with Crippen LogP contribution in [0.1, 0.15) is 18.6 Å². The molecular weight excluding hydrogens is 414 g/mol. The second-order valence-corrected chi connectivity index (χ2v) is 8.39. The van der Waals surface area contributed by atoms with Gasteiger partial charge in [0.25, 0.3) is 0 Å². The molecule has 1 aromatic carbocycles. The Bertz CT molecular complexity index is 1160. The van der Waals surface area contributed by atoms with E-state index in [9.17, 15) is 4.79 Å². The van der Waals surface area contributed by atoms with Crippen LogP contribution in [0.15, 0.2) is 58.4 Å². The van der Waals surface area contributed by atoms with Crippen LogP contribution in [0.2, 0.25) is 0 Å². The summed E-state index contributed by atoms with van der Waals surface area (Å²) in [6.45, 7) is 1.82. The molecule has 1 aliphatic rings. The van der Waals surface area contributed by atoms with Gasteiger partial charge in [0.2, 0.25) is 5.91 Å². The number of thioether (sulfide) groups is 1. The van der Waals surface area contributed by atoms with Gasteiger partial charge >= 0.3 is 0 Å². The lowest BCUT2D eigenvalue weighted by atomic mass is 10.1. The normalized spacial score (nSPS) is 16.2. The molecule has 0 aliphatic carbocycles. The molecule has 160 valence electrons. The number of nitrogens with zero attached hydrogens (tertiary/aromatic N) is 3. The van der Waals surface area contributed by atoms with Gasteiger partial charge in [0.1, 0.15) is 5.76 Å². The minimum atomic E-state index is -0.0401. The van der Waals surface area contributed by atoms with Crippen molar-refractivity contribution in [2.45, 2.75) is 30.6 Å². The summed E-state index contributed by atoms with van der Waals surface area (Å²) >= 11 is 1.37. The van der Waals surface area contributed by atoms with Gasteiger partial charge in [-0.2, -0.15) is 0 Å². The predicted octanol–water partition coefficient (Wildman–Crippen LogP) is 3.46. The van der Waals surface area contributed by atoms with Crippen LogP contribution in [-0.2, 0) is 16.1 Å². The maximum atomic E-state index is 12.3. The van der Waals surface area contributed by atoms with Crippen LogP contribution in [-0.4, -0.2) is 50.7 Å². The van der Waals surface area contributed by atoms with E-state index in [1.807, 2.05) is 41.1 Å². The van der Waals surface area contributed by atoms with Gasteiger partial charge in [0.05, 0.1) is 24.7 Å². The fourth-order valence-corrected chi connectivity index (χ4v) is 4.53. The quantitative estimate of drug-likeness (QED) is 0.410. The number of hydrogen-bond acceptors (Lipinski definition) is 6. The van der Waals surface area contributed by atoms with Crippen LogP contribution in [0, 0.1) is 0 Å². The molecule has 1 saturated heterocycles. The van der Waals surface area contributed by atoms with Gasteiger partial charge < -0.3 is 19.5 Å². The minimum absolute atomic E-state index is 0.0401. The Balaban J connectivity index is 1.36. The number of aromatic amines is 1. The molecule has 31 heavy (non-hydrogen) atoms. The van der Waals surface area contributed by atoms with E-state index in [0.29, 0.717) is 18.2 Å². The van der Waals surface area contributed by atoms with Gasteiger partial charge in [0.15, 0.2) is 11.0 Å². The fourth-order valence-electron chi connectivity index (χ4n) is 3.77. The molecule has 0 radical (unpaired) electrons. The Morgan fingerprint density at radius 3 is 3.03 bits per heavy atom. The molecule has 0 spiro atoms. The first-order valence-electron chi connectivity index (χ1n) is 10.3. The maximum absolute atomic E-state index is 12.3. The van der Waals surface area contributed by atoms with Crippen molar-refractivity contribution in [3.63, 3.8) is 0 Å². The maximum Gasteiger partial charge on any atom is 0.230 e. The molecule has 1 amide bonds. The molecule has 0 unspecified atom stereocenters. The second-order valence-electron chi connectivity index (χ2n) is 7.45. The van der Waals surface area contributed by atoms with Crippen LogP contribution in [0.5, 0.6) is 0 Å². The third kappa shape index (κ3) is 4.38. The topological polar surface area (TPSA) is 98.0 Å². The van der Waals surface area contributed by atoms with E-state index in [1.165, 1.54) is 11.8 Å². The molecule has 1 aliphatic heterocycles. The molecule has 8 nitrogen and oxygen atoms in total. The van der Waals surface area contributed by atoms with Gasteiger partial charge in [-0.15, -0.1) is 10.2 Å². The van der Waals surface area contributed by atoms with E-state index in [1.54, 1.807) is 6.26 Å². The second kappa shape index (κ2) is 8.99. The third-order valence-electron chi connectivity index (χ3n) is 5.32. The molecule has 9 heteroatoms. The summed E-state index contributed by atoms with van der Waals surface area (Å²) < 4.78 is 13.1. The van der Waals surface area contributed by atoms with Crippen molar-refractivity contribution in [1.29, 1.82) is 0 Å². The lowest BCUT2D eigenvalue weighted by Gasteiger charge is -2.11. The van der Waals surface area contributed by atoms with E-state index in [0.717, 1.165) is 47.5 Å². The minimum Gasteiger partial charge on any atom is -0.467 e. The number of furan rings is 1. The highest BCUT2D eigenvalue weighted by atomic mass is 32.2. The van der Waals surface area contributed by atoms with Crippen molar-refractivity contribution in [3.8, 4) is 11.4 Å². The highest BCUT2D eigenvalue weighted by molar-refractivity contribution is 7.99. The molecule has 4 heterocycles. The Hall–Kier alpha value is -3.04. The van der Waals surface area contributed by atoms with E-state index < -0.39 is 0 Å². The van der Waals surface area contributed by atoms with Crippen molar-refractivity contribution in [2.24, 2.45) is 0 Å². The number of benzene rings is 1. The van der Waals surface area contributed by atoms with Crippen LogP contribution >= 0.6 is 11.8 Å². The highest BCUT2D eigenvalue weighted by Crippen LogP contribution is 2.30. The fraction of sp³-hybridized carbons (Fsp3) is 0.318. The van der Waals surface area contributed by atoms with Gasteiger partial charge in [-0.25, -0.2) is 0 Å². The Morgan fingerprint density at radius 1 is 1.26 bits per heavy atom. The zero-order chi connectivity index (χ0) is 21.0. The number of H-pyrrole nitrogens is 1. The zero-order valence-corrected chi connectivity index (χ0v) is 17.7. The molecule has 4 aromatic rings. The molecule has 2 N–H and O–H groups in total. The molecule has 0 saturated carbocycles. The van der Waals surface area contributed by atoms with Crippen LogP contribution < -0.4 is 5.32 Å². The molecule has 1 fully saturated rings. The van der Waals surface area contributed by atoms with E-state index in [4.69, 9.17) is 9.15 Å². The van der Waals surface area contributed by atoms with E-state index >= 15 is 0 Å². The highest BCUT2D eigenvalue weighted by Gasteiger charge is 2.20. The number of fused-ring (bicyclic) bond motifs is 1. The molecule has 5 rings (SSSR count). The smallest absolute Gasteiger partial charge is 0.230 e. The number of hydrogen-bond donors (Lipinski definition) is 2. The number of para-hydroxylation sites is 1. The third-order valence-corrected chi connectivity index (χ3v) is 6.29. The summed E-state index contributed by atoms with van der Waals surface area (Å²) in [5.74, 6) is 1.75. The SMILES string of the molecule is O=C(CSc1nnc(-c2c[nH]c3ccccc23)n1Cc1ccco1)NC[C@H]1CCCO1. The summed E-state index contributed by atoms with van der Waals surface area (Å²) in [6.07, 6.45) is 5.78. The molecule has 0 bridgehead atoms. The average Bonchev–Trinajstić information content (AvgIpc) is 3.59. The summed E-state index contributed by atoms with van der Waals surface area (Å²) in [5.41, 5.74) is 2.00. The Labute approximate surface area is 183 Å². The van der Waals surface area contributed by atoms with Crippen LogP contribution in [0.3, 0.4) is 0 Å². The first-order chi connectivity index (χ1) is 15.3. The summed E-state index contributed by atoms with van der Waals surface area (Å²) in [4.78, 5) is 15.6. The van der Waals surface area contributed by atoms with Crippen molar-refractivity contribution < 1.29 is 13.9 Å². The molecule has 1 atom stereocenters. The lowest BCUT2D eigenvalue weighted by Crippen LogP contribution is -2.32. The number of carbonyl (C=O) groups excluding carboxylic acids is 1. The van der Waals surface area contributed by atoms with Gasteiger partial charge in [0, 0.05) is 35.8 Å². The van der Waals surface area contributed by atoms with Crippen molar-refractivity contribution >= 4 is 28.6 Å². The van der Waals surface area contributed by atoms with Gasteiger partial charge in [-0.05, 0) is 31.0 Å². The van der Waals surface area contributed by atoms with Gasteiger partial charge in [-0.3, -0.25) is 9.36 Å². The summed E-state index contributed by atoms with van der Waals surface area (Å²) in [7, 11) is 0. The molecule has 3 aromatic heterocycles. The monoisotopic (exact) mass is 437 g/mol. The standard InChI is InChI=1S/C22H23N5O3S/c28-20(24-11-15-5-3-9-29-15)14-31-22-26-25-21(27(22)13-16-6-4-10-30-16)18-12-23-19-8-2-1-7-17(18)19/h1-2,4,6-8,10,12,15,23H,3,5,9,11,13-14H2,(H,24,28)/t15-/m1/s1. The summed E-state index contributed by atoms with van der Waals surface area (Å²) in [6, 6.07) is 11.9. The van der Waals surface area contributed by atoms with E-state index in [-0.39, 0.29) is 17.8 Å². The van der Waals surface area contributed by atoms with Crippen molar-refractivity contribution in [2.75, 3.05) is 18.9 Å². The number of aromatic nitrogens is 4. The number of amides is 1. The number of nitrogens with one attached hydrogen (secondary N) is 2. The average molecular weight is 438 g/mol. The van der Waals surface area contributed by atoms with Gasteiger partial charge in [-0.1, -0.05) is 30.0 Å². The van der Waals surface area contributed by atoms with Crippen molar-refractivity contribution in [1.82, 2.24) is 25.1 Å². The number of rotatable bonds is 8. The first-order valence-corrected chi connectivity index (χ1v) is 11.3. The predicted molar refractivity (Wildman–Crippen MR) is 118 cm³/mol. The van der Waals surface area contributed by atoms with E-state index in [2.05, 4.69) is 26.6 Å². The largest absolute Gasteiger partial charge is 0.467 e. The van der Waals surface area contributed by atoms with Crippen LogP contribution in [0.25, 0.3) is 22.3 Å². The Morgan fingerprint density at radius 2 is 2.19 bits per heavy atom.